The summed E-state index contributed by atoms with van der Waals surface area (Å²) in [6.07, 6.45) is 0.844. The number of para-hydroxylation sites is 1. The molecule has 0 fully saturated rings. The molecule has 5 nitrogen and oxygen atoms in total. The molecule has 1 aliphatic rings. The number of hydrogen-bond acceptors (Lipinski definition) is 4. The molecule has 0 saturated carbocycles. The summed E-state index contributed by atoms with van der Waals surface area (Å²) in [6, 6.07) is 15.8. The number of carbonyl (C=O) groups is 1. The largest absolute Gasteiger partial charge is 0.441 e. The quantitative estimate of drug-likeness (QED) is 0.660. The molecule has 0 bridgehead atoms. The molecule has 0 N–H and O–H groups in total. The van der Waals surface area contributed by atoms with Gasteiger partial charge in [-0.2, -0.15) is 0 Å². The summed E-state index contributed by atoms with van der Waals surface area (Å²) in [5, 5.41) is 0. The number of carbonyl (C=O) groups excluding carboxylic acids is 1. The van der Waals surface area contributed by atoms with Crippen LogP contribution < -0.4 is 4.90 Å². The van der Waals surface area contributed by atoms with E-state index in [0.717, 1.165) is 28.8 Å². The predicted molar refractivity (Wildman–Crippen MR) is 111 cm³/mol. The maximum atomic E-state index is 12.6. The molecular weight excluding hydrogens is 372 g/mol. The van der Waals surface area contributed by atoms with E-state index in [9.17, 15) is 9.00 Å². The van der Waals surface area contributed by atoms with Gasteiger partial charge in [0.1, 0.15) is 11.5 Å². The van der Waals surface area contributed by atoms with E-state index in [1.165, 1.54) is 0 Å². The maximum Gasteiger partial charge on any atom is 0.239 e. The number of benzene rings is 2. The SMILES string of the molecule is Cc1cccc(-c2nc(C[S@](=O)CC(=O)N3CCc4ccccc43)c(C)o2)c1. The van der Waals surface area contributed by atoms with E-state index in [2.05, 4.69) is 4.98 Å². The lowest BCUT2D eigenvalue weighted by atomic mass is 10.1. The summed E-state index contributed by atoms with van der Waals surface area (Å²) in [5.74, 6) is 1.25. The molecule has 1 atom stereocenters. The minimum Gasteiger partial charge on any atom is -0.441 e. The third-order valence-electron chi connectivity index (χ3n) is 4.93. The Hall–Kier alpha value is -2.73. The van der Waals surface area contributed by atoms with Gasteiger partial charge in [-0.05, 0) is 44.0 Å². The number of amides is 1. The standard InChI is InChI=1S/C22H22N2O3S/c1-15-6-5-8-18(12-15)22-23-19(16(2)27-22)13-28(26)14-21(25)24-11-10-17-7-3-4-9-20(17)24/h3-9,12H,10-11,13-14H2,1-2H3/t28-/m0/s1. The van der Waals surface area contributed by atoms with Crippen molar-refractivity contribution in [3.63, 3.8) is 0 Å². The van der Waals surface area contributed by atoms with Crippen LogP contribution in [0.1, 0.15) is 22.6 Å². The molecule has 0 aliphatic carbocycles. The molecule has 1 amide bonds. The van der Waals surface area contributed by atoms with Crippen LogP contribution in [0.3, 0.4) is 0 Å². The van der Waals surface area contributed by atoms with Crippen molar-refractivity contribution in [3.05, 3.63) is 71.1 Å². The first-order valence-corrected chi connectivity index (χ1v) is 10.8. The average Bonchev–Trinajstić information content (AvgIpc) is 3.26. The Balaban J connectivity index is 1.44. The zero-order valence-electron chi connectivity index (χ0n) is 16.0. The Morgan fingerprint density at radius 2 is 2.00 bits per heavy atom. The van der Waals surface area contributed by atoms with E-state index < -0.39 is 10.8 Å². The highest BCUT2D eigenvalue weighted by atomic mass is 32.2. The second-order valence-electron chi connectivity index (χ2n) is 7.04. The molecule has 1 aliphatic heterocycles. The summed E-state index contributed by atoms with van der Waals surface area (Å²) >= 11 is 0. The van der Waals surface area contributed by atoms with Crippen molar-refractivity contribution in [2.45, 2.75) is 26.0 Å². The molecule has 3 aromatic rings. The van der Waals surface area contributed by atoms with Gasteiger partial charge in [0.2, 0.25) is 11.8 Å². The number of fused-ring (bicyclic) bond motifs is 1. The summed E-state index contributed by atoms with van der Waals surface area (Å²) in [6.45, 7) is 4.48. The van der Waals surface area contributed by atoms with Gasteiger partial charge < -0.3 is 9.32 Å². The lowest BCUT2D eigenvalue weighted by Gasteiger charge is -2.16. The highest BCUT2D eigenvalue weighted by Crippen LogP contribution is 2.28. The van der Waals surface area contributed by atoms with Crippen molar-refractivity contribution in [1.82, 2.24) is 4.98 Å². The first-order chi connectivity index (χ1) is 13.5. The third-order valence-corrected chi connectivity index (χ3v) is 6.09. The van der Waals surface area contributed by atoms with Crippen LogP contribution >= 0.6 is 0 Å². The molecule has 1 aromatic heterocycles. The van der Waals surface area contributed by atoms with Gasteiger partial charge in [-0.1, -0.05) is 35.9 Å². The van der Waals surface area contributed by atoms with Crippen LogP contribution in [0.5, 0.6) is 0 Å². The molecule has 0 saturated heterocycles. The van der Waals surface area contributed by atoms with Crippen molar-refractivity contribution in [2.24, 2.45) is 0 Å². The first kappa shape index (κ1) is 18.6. The summed E-state index contributed by atoms with van der Waals surface area (Å²) in [7, 11) is -1.35. The van der Waals surface area contributed by atoms with Gasteiger partial charge in [-0.3, -0.25) is 9.00 Å². The van der Waals surface area contributed by atoms with E-state index in [-0.39, 0.29) is 17.4 Å². The zero-order valence-corrected chi connectivity index (χ0v) is 16.8. The Morgan fingerprint density at radius 3 is 2.82 bits per heavy atom. The summed E-state index contributed by atoms with van der Waals surface area (Å²) < 4.78 is 18.4. The fraction of sp³-hybridized carbons (Fsp3) is 0.273. The fourth-order valence-electron chi connectivity index (χ4n) is 3.48. The Labute approximate surface area is 166 Å². The summed E-state index contributed by atoms with van der Waals surface area (Å²) in [5.41, 5.74) is 4.75. The van der Waals surface area contributed by atoms with Crippen LogP contribution in [0.2, 0.25) is 0 Å². The topological polar surface area (TPSA) is 63.4 Å². The second-order valence-corrected chi connectivity index (χ2v) is 8.50. The number of oxazole rings is 1. The Bertz CT molecular complexity index is 1060. The molecule has 0 unspecified atom stereocenters. The van der Waals surface area contributed by atoms with E-state index in [1.807, 2.05) is 62.4 Å². The van der Waals surface area contributed by atoms with Crippen LogP contribution in [0, 0.1) is 13.8 Å². The Morgan fingerprint density at radius 1 is 1.18 bits per heavy atom. The molecule has 0 radical (unpaired) electrons. The zero-order chi connectivity index (χ0) is 19.7. The van der Waals surface area contributed by atoms with Gasteiger partial charge in [0.05, 0.1) is 11.4 Å². The number of aryl methyl sites for hydroxylation is 2. The Kier molecular flexibility index (Phi) is 5.13. The van der Waals surface area contributed by atoms with E-state index >= 15 is 0 Å². The van der Waals surface area contributed by atoms with Gasteiger partial charge in [0.25, 0.3) is 0 Å². The lowest BCUT2D eigenvalue weighted by molar-refractivity contribution is -0.116. The molecule has 6 heteroatoms. The van der Waals surface area contributed by atoms with Crippen LogP contribution in [-0.2, 0) is 27.8 Å². The number of rotatable bonds is 5. The molecule has 2 aromatic carbocycles. The van der Waals surface area contributed by atoms with Crippen LogP contribution in [0.4, 0.5) is 5.69 Å². The van der Waals surface area contributed by atoms with E-state index in [0.29, 0.717) is 23.9 Å². The maximum absolute atomic E-state index is 12.6. The molecule has 28 heavy (non-hydrogen) atoms. The number of anilines is 1. The highest BCUT2D eigenvalue weighted by Gasteiger charge is 2.25. The fourth-order valence-corrected chi connectivity index (χ4v) is 4.59. The van der Waals surface area contributed by atoms with Crippen molar-refractivity contribution in [1.29, 1.82) is 0 Å². The first-order valence-electron chi connectivity index (χ1n) is 9.28. The second kappa shape index (κ2) is 7.72. The van der Waals surface area contributed by atoms with Crippen molar-refractivity contribution >= 4 is 22.4 Å². The van der Waals surface area contributed by atoms with E-state index in [4.69, 9.17) is 4.42 Å². The monoisotopic (exact) mass is 394 g/mol. The smallest absolute Gasteiger partial charge is 0.239 e. The number of nitrogens with zero attached hydrogens (tertiary/aromatic N) is 2. The van der Waals surface area contributed by atoms with Crippen molar-refractivity contribution in [3.8, 4) is 11.5 Å². The van der Waals surface area contributed by atoms with Crippen molar-refractivity contribution in [2.75, 3.05) is 17.2 Å². The molecular formula is C22H22N2O3S. The van der Waals surface area contributed by atoms with Gasteiger partial charge in [0, 0.05) is 28.6 Å². The van der Waals surface area contributed by atoms with Gasteiger partial charge in [-0.25, -0.2) is 4.98 Å². The number of aromatic nitrogens is 1. The molecule has 4 rings (SSSR count). The molecule has 0 spiro atoms. The van der Waals surface area contributed by atoms with Gasteiger partial charge in [-0.15, -0.1) is 0 Å². The number of hydrogen-bond donors (Lipinski definition) is 0. The van der Waals surface area contributed by atoms with E-state index in [1.54, 1.807) is 4.90 Å². The minimum atomic E-state index is -1.35. The summed E-state index contributed by atoms with van der Waals surface area (Å²) in [4.78, 5) is 18.9. The van der Waals surface area contributed by atoms with Gasteiger partial charge in [0.15, 0.2) is 0 Å². The van der Waals surface area contributed by atoms with Crippen LogP contribution in [0.25, 0.3) is 11.5 Å². The average molecular weight is 394 g/mol. The highest BCUT2D eigenvalue weighted by molar-refractivity contribution is 7.84. The van der Waals surface area contributed by atoms with Crippen LogP contribution in [0.15, 0.2) is 52.9 Å². The van der Waals surface area contributed by atoms with Crippen molar-refractivity contribution < 1.29 is 13.4 Å². The predicted octanol–water partition coefficient (Wildman–Crippen LogP) is 3.80. The van der Waals surface area contributed by atoms with Gasteiger partial charge >= 0.3 is 0 Å². The third kappa shape index (κ3) is 3.78. The lowest BCUT2D eigenvalue weighted by Crippen LogP contribution is -2.33. The molecule has 144 valence electrons. The molecule has 2 heterocycles. The van der Waals surface area contributed by atoms with Crippen LogP contribution in [-0.4, -0.2) is 27.4 Å². The minimum absolute atomic E-state index is 0.0135. The normalized spacial score (nSPS) is 14.1.